The summed E-state index contributed by atoms with van der Waals surface area (Å²) in [6, 6.07) is 33.2. The van der Waals surface area contributed by atoms with Crippen LogP contribution in [0.4, 0.5) is 11.4 Å². The average molecular weight is 404 g/mol. The van der Waals surface area contributed by atoms with Gasteiger partial charge >= 0.3 is 0 Å². The standard InChI is InChI=1S/C30H29N/c1-20(2)21-10-13-24(14-11-21)31-25-15-17-27-26-16-12-23(22-8-6-5-7-9-22)18-28(26)30(3,4)29(27)19-25/h5-20,31H,1-4H3. The average Bonchev–Trinajstić information content (AvgIpc) is 3.01. The topological polar surface area (TPSA) is 12.0 Å². The van der Waals surface area contributed by atoms with Crippen LogP contribution in [0, 0.1) is 0 Å². The number of nitrogens with one attached hydrogen (secondary N) is 1. The van der Waals surface area contributed by atoms with E-state index in [2.05, 4.69) is 124 Å². The summed E-state index contributed by atoms with van der Waals surface area (Å²) in [6.45, 7) is 9.14. The highest BCUT2D eigenvalue weighted by atomic mass is 14.9. The summed E-state index contributed by atoms with van der Waals surface area (Å²) in [5, 5.41) is 3.60. The molecule has 0 heterocycles. The van der Waals surface area contributed by atoms with Gasteiger partial charge in [-0.15, -0.1) is 0 Å². The van der Waals surface area contributed by atoms with Gasteiger partial charge in [-0.3, -0.25) is 0 Å². The van der Waals surface area contributed by atoms with Gasteiger partial charge in [0.1, 0.15) is 0 Å². The van der Waals surface area contributed by atoms with E-state index >= 15 is 0 Å². The van der Waals surface area contributed by atoms with Gasteiger partial charge in [-0.1, -0.05) is 88.4 Å². The maximum Gasteiger partial charge on any atom is 0.0387 e. The van der Waals surface area contributed by atoms with E-state index in [1.165, 1.54) is 38.9 Å². The lowest BCUT2D eigenvalue weighted by atomic mass is 9.81. The summed E-state index contributed by atoms with van der Waals surface area (Å²) in [6.07, 6.45) is 0. The molecular formula is C30H29N. The second-order valence-electron chi connectivity index (χ2n) is 9.41. The van der Waals surface area contributed by atoms with Crippen molar-refractivity contribution in [2.45, 2.75) is 39.0 Å². The van der Waals surface area contributed by atoms with Gasteiger partial charge in [0, 0.05) is 16.8 Å². The lowest BCUT2D eigenvalue weighted by Gasteiger charge is -2.23. The SMILES string of the molecule is CC(C)c1ccc(Nc2ccc3c(c2)C(C)(C)c2cc(-c4ccccc4)ccc2-3)cc1. The third-order valence-electron chi connectivity index (χ3n) is 6.65. The van der Waals surface area contributed by atoms with Crippen molar-refractivity contribution in [3.63, 3.8) is 0 Å². The van der Waals surface area contributed by atoms with Crippen molar-refractivity contribution in [3.8, 4) is 22.3 Å². The molecule has 0 radical (unpaired) electrons. The fourth-order valence-electron chi connectivity index (χ4n) is 4.74. The highest BCUT2D eigenvalue weighted by Crippen LogP contribution is 2.50. The summed E-state index contributed by atoms with van der Waals surface area (Å²) >= 11 is 0. The van der Waals surface area contributed by atoms with Crippen LogP contribution < -0.4 is 5.32 Å². The first-order valence-corrected chi connectivity index (χ1v) is 11.2. The molecule has 154 valence electrons. The molecule has 1 N–H and O–H groups in total. The molecule has 1 heteroatoms. The van der Waals surface area contributed by atoms with E-state index in [0.29, 0.717) is 5.92 Å². The van der Waals surface area contributed by atoms with Crippen LogP contribution in [0.2, 0.25) is 0 Å². The molecule has 0 spiro atoms. The molecule has 0 aliphatic heterocycles. The molecule has 5 rings (SSSR count). The Bertz CT molecular complexity index is 1230. The molecule has 0 saturated carbocycles. The second-order valence-corrected chi connectivity index (χ2v) is 9.41. The van der Waals surface area contributed by atoms with Crippen LogP contribution in [-0.2, 0) is 5.41 Å². The quantitative estimate of drug-likeness (QED) is 0.360. The van der Waals surface area contributed by atoms with Crippen molar-refractivity contribution >= 4 is 11.4 Å². The number of rotatable bonds is 4. The molecule has 1 aliphatic rings. The lowest BCUT2D eigenvalue weighted by Crippen LogP contribution is -2.15. The summed E-state index contributed by atoms with van der Waals surface area (Å²) in [5.41, 5.74) is 11.6. The van der Waals surface area contributed by atoms with E-state index in [4.69, 9.17) is 0 Å². The predicted molar refractivity (Wildman–Crippen MR) is 133 cm³/mol. The Kier molecular flexibility index (Phi) is 4.70. The minimum Gasteiger partial charge on any atom is -0.356 e. The smallest absolute Gasteiger partial charge is 0.0387 e. The van der Waals surface area contributed by atoms with Gasteiger partial charge in [-0.2, -0.15) is 0 Å². The van der Waals surface area contributed by atoms with E-state index in [-0.39, 0.29) is 5.41 Å². The molecule has 0 bridgehead atoms. The van der Waals surface area contributed by atoms with Crippen LogP contribution in [0.5, 0.6) is 0 Å². The van der Waals surface area contributed by atoms with Crippen LogP contribution in [-0.4, -0.2) is 0 Å². The third-order valence-corrected chi connectivity index (χ3v) is 6.65. The van der Waals surface area contributed by atoms with Gasteiger partial charge in [0.2, 0.25) is 0 Å². The Morgan fingerprint density at radius 2 is 1.23 bits per heavy atom. The van der Waals surface area contributed by atoms with Crippen molar-refractivity contribution in [1.29, 1.82) is 0 Å². The van der Waals surface area contributed by atoms with Gasteiger partial charge in [0.25, 0.3) is 0 Å². The molecular weight excluding hydrogens is 374 g/mol. The van der Waals surface area contributed by atoms with Crippen LogP contribution in [0.15, 0.2) is 91.0 Å². The number of benzene rings is 4. The lowest BCUT2D eigenvalue weighted by molar-refractivity contribution is 0.661. The molecule has 0 amide bonds. The fraction of sp³-hybridized carbons (Fsp3) is 0.200. The highest BCUT2D eigenvalue weighted by Gasteiger charge is 2.35. The van der Waals surface area contributed by atoms with Crippen molar-refractivity contribution in [2.75, 3.05) is 5.32 Å². The Labute approximate surface area is 185 Å². The Hall–Kier alpha value is -3.32. The zero-order valence-electron chi connectivity index (χ0n) is 18.7. The largest absolute Gasteiger partial charge is 0.356 e. The van der Waals surface area contributed by atoms with E-state index in [1.807, 2.05) is 0 Å². The highest BCUT2D eigenvalue weighted by molar-refractivity contribution is 5.85. The molecule has 0 fully saturated rings. The molecule has 1 aliphatic carbocycles. The third kappa shape index (κ3) is 3.45. The molecule has 0 saturated heterocycles. The molecule has 4 aromatic carbocycles. The van der Waals surface area contributed by atoms with Crippen LogP contribution in [0.1, 0.15) is 50.3 Å². The van der Waals surface area contributed by atoms with Gasteiger partial charge in [0.05, 0.1) is 0 Å². The molecule has 4 aromatic rings. The molecule has 0 aromatic heterocycles. The Morgan fingerprint density at radius 3 is 1.90 bits per heavy atom. The minimum absolute atomic E-state index is 0.0331. The maximum atomic E-state index is 3.60. The van der Waals surface area contributed by atoms with Gasteiger partial charge < -0.3 is 5.32 Å². The van der Waals surface area contributed by atoms with E-state index < -0.39 is 0 Å². The minimum atomic E-state index is -0.0331. The molecule has 0 unspecified atom stereocenters. The number of hydrogen-bond acceptors (Lipinski definition) is 1. The van der Waals surface area contributed by atoms with E-state index in [0.717, 1.165) is 11.4 Å². The Balaban J connectivity index is 1.49. The number of hydrogen-bond donors (Lipinski definition) is 1. The maximum absolute atomic E-state index is 3.60. The summed E-state index contributed by atoms with van der Waals surface area (Å²) in [7, 11) is 0. The van der Waals surface area contributed by atoms with Crippen LogP contribution in [0.25, 0.3) is 22.3 Å². The Morgan fingerprint density at radius 1 is 0.613 bits per heavy atom. The van der Waals surface area contributed by atoms with Crippen molar-refractivity contribution < 1.29 is 0 Å². The number of fused-ring (bicyclic) bond motifs is 3. The zero-order chi connectivity index (χ0) is 21.6. The van der Waals surface area contributed by atoms with Gasteiger partial charge in [-0.25, -0.2) is 0 Å². The van der Waals surface area contributed by atoms with Crippen molar-refractivity contribution in [2.24, 2.45) is 0 Å². The second kappa shape index (κ2) is 7.42. The first-order chi connectivity index (χ1) is 14.9. The molecule has 31 heavy (non-hydrogen) atoms. The monoisotopic (exact) mass is 403 g/mol. The van der Waals surface area contributed by atoms with Crippen molar-refractivity contribution in [3.05, 3.63) is 108 Å². The van der Waals surface area contributed by atoms with Gasteiger partial charge in [0.15, 0.2) is 0 Å². The van der Waals surface area contributed by atoms with Crippen molar-refractivity contribution in [1.82, 2.24) is 0 Å². The summed E-state index contributed by atoms with van der Waals surface area (Å²) in [4.78, 5) is 0. The predicted octanol–water partition coefficient (Wildman–Crippen LogP) is 8.53. The number of anilines is 2. The van der Waals surface area contributed by atoms with Crippen LogP contribution in [0.3, 0.4) is 0 Å². The summed E-state index contributed by atoms with van der Waals surface area (Å²) < 4.78 is 0. The molecule has 1 nitrogen and oxygen atoms in total. The molecule has 0 atom stereocenters. The van der Waals surface area contributed by atoms with Crippen LogP contribution >= 0.6 is 0 Å². The normalized spacial score (nSPS) is 13.7. The van der Waals surface area contributed by atoms with Gasteiger partial charge in [-0.05, 0) is 75.2 Å². The first kappa shape index (κ1) is 19.6. The zero-order valence-corrected chi connectivity index (χ0v) is 18.7. The van der Waals surface area contributed by atoms with E-state index in [9.17, 15) is 0 Å². The fourth-order valence-corrected chi connectivity index (χ4v) is 4.74. The first-order valence-electron chi connectivity index (χ1n) is 11.2. The van der Waals surface area contributed by atoms with E-state index in [1.54, 1.807) is 0 Å². The summed E-state index contributed by atoms with van der Waals surface area (Å²) in [5.74, 6) is 0.550.